The number of carbonyl (C=O) groups excluding carboxylic acids is 1. The Kier molecular flexibility index (Phi) is 6.20. The molecule has 0 aliphatic heterocycles. The van der Waals surface area contributed by atoms with Crippen LogP contribution in [0.1, 0.15) is 50.4 Å². The predicted octanol–water partition coefficient (Wildman–Crippen LogP) is 4.02. The van der Waals surface area contributed by atoms with E-state index in [1.807, 2.05) is 20.8 Å². The monoisotopic (exact) mass is 310 g/mol. The van der Waals surface area contributed by atoms with E-state index in [1.165, 1.54) is 17.8 Å². The highest BCUT2D eigenvalue weighted by Gasteiger charge is 2.27. The molecule has 0 aliphatic rings. The largest absolute Gasteiger partial charge is 0.347 e. The van der Waals surface area contributed by atoms with Gasteiger partial charge >= 0.3 is 0 Å². The number of rotatable bonds is 7. The summed E-state index contributed by atoms with van der Waals surface area (Å²) in [4.78, 5) is 23.6. The Bertz CT molecular complexity index is 519. The van der Waals surface area contributed by atoms with Crippen molar-refractivity contribution in [1.29, 1.82) is 0 Å². The second kappa shape index (κ2) is 7.45. The molecule has 0 saturated carbocycles. The third kappa shape index (κ3) is 3.97. The third-order valence-electron chi connectivity index (χ3n) is 4.05. The van der Waals surface area contributed by atoms with Gasteiger partial charge in [0.15, 0.2) is 0 Å². The van der Waals surface area contributed by atoms with Gasteiger partial charge in [0.25, 0.3) is 11.6 Å². The van der Waals surface area contributed by atoms with E-state index in [2.05, 4.69) is 5.32 Å². The molecule has 1 aromatic rings. The number of benzene rings is 1. The molecule has 0 bridgehead atoms. The fraction of sp³-hybridized carbons (Fsp3) is 0.533. The molecule has 0 aliphatic carbocycles. The van der Waals surface area contributed by atoms with Crippen LogP contribution in [-0.2, 0) is 0 Å². The van der Waals surface area contributed by atoms with Crippen LogP contribution in [-0.4, -0.2) is 22.6 Å². The Labute approximate surface area is 129 Å². The van der Waals surface area contributed by atoms with Gasteiger partial charge in [-0.2, -0.15) is 0 Å². The van der Waals surface area contributed by atoms with Crippen molar-refractivity contribution >= 4 is 23.4 Å². The van der Waals surface area contributed by atoms with Crippen LogP contribution in [0.4, 0.5) is 5.69 Å². The number of nitrogens with zero attached hydrogens (tertiary/aromatic N) is 1. The van der Waals surface area contributed by atoms with Crippen molar-refractivity contribution in [2.75, 3.05) is 6.26 Å². The lowest BCUT2D eigenvalue weighted by Crippen LogP contribution is -2.47. The van der Waals surface area contributed by atoms with Gasteiger partial charge in [0, 0.05) is 17.2 Å². The summed E-state index contributed by atoms with van der Waals surface area (Å²) in [5.41, 5.74) is 0.0637. The van der Waals surface area contributed by atoms with Crippen LogP contribution in [0, 0.1) is 10.1 Å². The van der Waals surface area contributed by atoms with Crippen LogP contribution in [0.25, 0.3) is 0 Å². The van der Waals surface area contributed by atoms with E-state index in [1.54, 1.807) is 18.4 Å². The summed E-state index contributed by atoms with van der Waals surface area (Å²) in [6, 6.07) is 4.62. The smallest absolute Gasteiger partial charge is 0.283 e. The van der Waals surface area contributed by atoms with Crippen molar-refractivity contribution in [3.05, 3.63) is 33.9 Å². The Morgan fingerprint density at radius 3 is 2.29 bits per heavy atom. The zero-order valence-corrected chi connectivity index (χ0v) is 13.8. The minimum absolute atomic E-state index is 0.0229. The molecule has 0 aromatic heterocycles. The van der Waals surface area contributed by atoms with Crippen molar-refractivity contribution in [2.45, 2.75) is 50.5 Å². The minimum atomic E-state index is -0.449. The molecule has 0 fully saturated rings. The summed E-state index contributed by atoms with van der Waals surface area (Å²) < 4.78 is 0. The topological polar surface area (TPSA) is 72.2 Å². The Hall–Kier alpha value is -1.56. The summed E-state index contributed by atoms with van der Waals surface area (Å²) >= 11 is 1.30. The molecule has 1 aromatic carbocycles. The fourth-order valence-electron chi connectivity index (χ4n) is 2.30. The van der Waals surface area contributed by atoms with Crippen molar-refractivity contribution in [1.82, 2.24) is 5.32 Å². The van der Waals surface area contributed by atoms with E-state index >= 15 is 0 Å². The molecular weight excluding hydrogens is 288 g/mol. The van der Waals surface area contributed by atoms with Crippen LogP contribution in [0.2, 0.25) is 0 Å². The van der Waals surface area contributed by atoms with Gasteiger partial charge in [-0.15, -0.1) is 11.8 Å². The number of nitrogens with one attached hydrogen (secondary N) is 1. The summed E-state index contributed by atoms with van der Waals surface area (Å²) in [7, 11) is 0. The maximum Gasteiger partial charge on any atom is 0.283 e. The van der Waals surface area contributed by atoms with E-state index in [-0.39, 0.29) is 17.1 Å². The first-order valence-electron chi connectivity index (χ1n) is 7.08. The third-order valence-corrected chi connectivity index (χ3v) is 4.83. The van der Waals surface area contributed by atoms with Gasteiger partial charge in [-0.1, -0.05) is 20.8 Å². The molecular formula is C15H22N2O3S. The van der Waals surface area contributed by atoms with E-state index in [4.69, 9.17) is 0 Å². The van der Waals surface area contributed by atoms with Gasteiger partial charge in [0.2, 0.25) is 0 Å². The van der Waals surface area contributed by atoms with E-state index in [0.717, 1.165) is 19.3 Å². The normalized spacial score (nSPS) is 11.2. The second-order valence-electron chi connectivity index (χ2n) is 4.94. The van der Waals surface area contributed by atoms with E-state index in [0.29, 0.717) is 10.5 Å². The molecule has 1 amide bonds. The first-order chi connectivity index (χ1) is 9.92. The molecule has 0 spiro atoms. The minimum Gasteiger partial charge on any atom is -0.347 e. The fourth-order valence-corrected chi connectivity index (χ4v) is 2.85. The molecule has 0 radical (unpaired) electrons. The first-order valence-corrected chi connectivity index (χ1v) is 8.30. The predicted molar refractivity (Wildman–Crippen MR) is 85.9 cm³/mol. The number of hydrogen-bond acceptors (Lipinski definition) is 4. The number of nitro benzene ring substituents is 1. The standard InChI is InChI=1S/C15H22N2O3S/c1-5-15(6-2,7-3)16-14(18)11-8-9-13(21-4)12(10-11)17(19)20/h8-10H,5-7H2,1-4H3,(H,16,18). The highest BCUT2D eigenvalue weighted by Crippen LogP contribution is 2.29. The maximum atomic E-state index is 12.4. The lowest BCUT2D eigenvalue weighted by Gasteiger charge is -2.31. The Balaban J connectivity index is 3.08. The highest BCUT2D eigenvalue weighted by molar-refractivity contribution is 7.98. The van der Waals surface area contributed by atoms with Gasteiger partial charge in [-0.05, 0) is 37.7 Å². The average Bonchev–Trinajstić information content (AvgIpc) is 2.51. The molecule has 6 heteroatoms. The second-order valence-corrected chi connectivity index (χ2v) is 5.79. The van der Waals surface area contributed by atoms with Crippen molar-refractivity contribution < 1.29 is 9.72 Å². The Morgan fingerprint density at radius 2 is 1.86 bits per heavy atom. The van der Waals surface area contributed by atoms with E-state index in [9.17, 15) is 14.9 Å². The van der Waals surface area contributed by atoms with Crippen LogP contribution in [0.3, 0.4) is 0 Å². The lowest BCUT2D eigenvalue weighted by molar-refractivity contribution is -0.387. The highest BCUT2D eigenvalue weighted by atomic mass is 32.2. The molecule has 5 nitrogen and oxygen atoms in total. The lowest BCUT2D eigenvalue weighted by atomic mass is 9.89. The van der Waals surface area contributed by atoms with Gasteiger partial charge in [0.1, 0.15) is 0 Å². The van der Waals surface area contributed by atoms with Crippen LogP contribution >= 0.6 is 11.8 Å². The number of amides is 1. The van der Waals surface area contributed by atoms with Crippen LogP contribution < -0.4 is 5.32 Å². The molecule has 0 saturated heterocycles. The summed E-state index contributed by atoms with van der Waals surface area (Å²) in [5.74, 6) is -0.253. The number of nitro groups is 1. The zero-order chi connectivity index (χ0) is 16.0. The van der Waals surface area contributed by atoms with Crippen LogP contribution in [0.5, 0.6) is 0 Å². The van der Waals surface area contributed by atoms with Crippen molar-refractivity contribution in [2.24, 2.45) is 0 Å². The van der Waals surface area contributed by atoms with Gasteiger partial charge < -0.3 is 5.32 Å². The quantitative estimate of drug-likeness (QED) is 0.469. The zero-order valence-electron chi connectivity index (χ0n) is 12.9. The molecule has 1 rings (SSSR count). The molecule has 21 heavy (non-hydrogen) atoms. The van der Waals surface area contributed by atoms with E-state index < -0.39 is 4.92 Å². The molecule has 116 valence electrons. The number of thioether (sulfide) groups is 1. The number of hydrogen-bond donors (Lipinski definition) is 1. The van der Waals surface area contributed by atoms with Gasteiger partial charge in [0.05, 0.1) is 9.82 Å². The van der Waals surface area contributed by atoms with Crippen LogP contribution in [0.15, 0.2) is 23.1 Å². The van der Waals surface area contributed by atoms with Gasteiger partial charge in [-0.25, -0.2) is 0 Å². The average molecular weight is 310 g/mol. The van der Waals surface area contributed by atoms with Crippen molar-refractivity contribution in [3.63, 3.8) is 0 Å². The molecule has 0 atom stereocenters. The molecule has 0 heterocycles. The summed E-state index contributed by atoms with van der Waals surface area (Å²) in [5, 5.41) is 14.1. The first kappa shape index (κ1) is 17.5. The summed E-state index contributed by atoms with van der Waals surface area (Å²) in [6.07, 6.45) is 4.27. The maximum absolute atomic E-state index is 12.4. The molecule has 0 unspecified atom stereocenters. The molecule has 1 N–H and O–H groups in total. The Morgan fingerprint density at radius 1 is 1.29 bits per heavy atom. The summed E-state index contributed by atoms with van der Waals surface area (Å²) in [6.45, 7) is 6.10. The number of carbonyl (C=O) groups is 1. The van der Waals surface area contributed by atoms with Gasteiger partial charge in [-0.3, -0.25) is 14.9 Å². The SMILES string of the molecule is CCC(CC)(CC)NC(=O)c1ccc(SC)c([N+](=O)[O-])c1. The van der Waals surface area contributed by atoms with Crippen molar-refractivity contribution in [3.8, 4) is 0 Å².